The summed E-state index contributed by atoms with van der Waals surface area (Å²) in [4.78, 5) is 17.6. The molecule has 35 heavy (non-hydrogen) atoms. The molecule has 2 aliphatic heterocycles. The third-order valence-corrected chi connectivity index (χ3v) is 6.74. The molecule has 4 heterocycles. The highest BCUT2D eigenvalue weighted by Gasteiger charge is 2.36. The summed E-state index contributed by atoms with van der Waals surface area (Å²) in [5, 5.41) is 1.65. The number of ketones is 1. The van der Waals surface area contributed by atoms with Gasteiger partial charge >= 0.3 is 0 Å². The highest BCUT2D eigenvalue weighted by atomic mass is 16.7. The quantitative estimate of drug-likeness (QED) is 0.353. The predicted octanol–water partition coefficient (Wildman–Crippen LogP) is 3.37. The lowest BCUT2D eigenvalue weighted by Crippen LogP contribution is -2.42. The molecule has 0 amide bonds. The van der Waals surface area contributed by atoms with Crippen LogP contribution in [0.5, 0.6) is 23.0 Å². The third kappa shape index (κ3) is 3.29. The zero-order valence-corrected chi connectivity index (χ0v) is 19.4. The number of carbonyl (C=O) groups is 1. The van der Waals surface area contributed by atoms with Gasteiger partial charge in [-0.1, -0.05) is 0 Å². The smallest absolute Gasteiger partial charge is 0.231 e. The molecule has 2 aromatic carbocycles. The topological polar surface area (TPSA) is 96.8 Å². The zero-order valence-electron chi connectivity index (χ0n) is 19.4. The van der Waals surface area contributed by atoms with Crippen LogP contribution in [0.1, 0.15) is 27.5 Å². The molecule has 2 N–H and O–H groups in total. The molecule has 1 unspecified atom stereocenters. The van der Waals surface area contributed by atoms with E-state index in [4.69, 9.17) is 24.7 Å². The zero-order chi connectivity index (χ0) is 24.1. The summed E-state index contributed by atoms with van der Waals surface area (Å²) in [5.41, 5.74) is 11.0. The summed E-state index contributed by atoms with van der Waals surface area (Å²) in [5.74, 6) is 2.44. The molecular weight excluding hydrogens is 446 g/mol. The largest absolute Gasteiger partial charge is 0.493 e. The van der Waals surface area contributed by atoms with Gasteiger partial charge in [-0.15, -0.1) is 0 Å². The van der Waals surface area contributed by atoms with Gasteiger partial charge in [0.25, 0.3) is 0 Å². The molecule has 4 aromatic rings. The second kappa shape index (κ2) is 8.25. The monoisotopic (exact) mass is 470 g/mol. The number of nitrogens with zero attached hydrogens (tertiary/aromatic N) is 2. The van der Waals surface area contributed by atoms with Crippen LogP contribution >= 0.6 is 0 Å². The van der Waals surface area contributed by atoms with Crippen molar-refractivity contribution in [3.8, 4) is 34.3 Å². The average Bonchev–Trinajstić information content (AvgIpc) is 3.36. The van der Waals surface area contributed by atoms with Gasteiger partial charge in [-0.2, -0.15) is 4.57 Å². The molecule has 0 fully saturated rings. The normalized spacial score (nSPS) is 14.3. The molecule has 176 valence electrons. The summed E-state index contributed by atoms with van der Waals surface area (Å²) >= 11 is 0. The van der Waals surface area contributed by atoms with Crippen molar-refractivity contribution < 1.29 is 28.3 Å². The number of hydrogen-bond donors (Lipinski definition) is 1. The van der Waals surface area contributed by atoms with E-state index in [-0.39, 0.29) is 12.6 Å². The van der Waals surface area contributed by atoms with Crippen LogP contribution in [0, 0.1) is 0 Å². The molecule has 6 rings (SSSR count). The van der Waals surface area contributed by atoms with Crippen molar-refractivity contribution in [1.29, 1.82) is 0 Å². The second-order valence-electron chi connectivity index (χ2n) is 8.54. The van der Waals surface area contributed by atoms with Gasteiger partial charge in [0.15, 0.2) is 41.5 Å². The number of carbonyl (C=O) groups excluding carboxylic acids is 1. The first-order valence-corrected chi connectivity index (χ1v) is 11.3. The Morgan fingerprint density at radius 2 is 1.83 bits per heavy atom. The van der Waals surface area contributed by atoms with Crippen LogP contribution in [0.3, 0.4) is 0 Å². The Balaban J connectivity index is 1.66. The van der Waals surface area contributed by atoms with Crippen molar-refractivity contribution in [2.24, 2.45) is 5.73 Å². The number of benzene rings is 2. The molecule has 2 aromatic heterocycles. The number of ether oxygens (including phenoxy) is 4. The second-order valence-corrected chi connectivity index (χ2v) is 8.54. The van der Waals surface area contributed by atoms with Crippen molar-refractivity contribution in [3.63, 3.8) is 0 Å². The molecule has 8 heteroatoms. The molecule has 1 atom stereocenters. The summed E-state index contributed by atoms with van der Waals surface area (Å²) in [7, 11) is 3.22. The van der Waals surface area contributed by atoms with E-state index in [0.717, 1.165) is 45.3 Å². The fourth-order valence-electron chi connectivity index (χ4n) is 5.09. The highest BCUT2D eigenvalue weighted by Crippen LogP contribution is 2.45. The van der Waals surface area contributed by atoms with Crippen molar-refractivity contribution in [2.75, 3.05) is 21.0 Å². The van der Waals surface area contributed by atoms with Crippen molar-refractivity contribution in [3.05, 3.63) is 71.7 Å². The van der Waals surface area contributed by atoms with Crippen molar-refractivity contribution >= 4 is 16.6 Å². The van der Waals surface area contributed by atoms with E-state index in [1.54, 1.807) is 38.7 Å². The number of hydrogen-bond acceptors (Lipinski definition) is 7. The molecule has 8 nitrogen and oxygen atoms in total. The lowest BCUT2D eigenvalue weighted by Gasteiger charge is -2.23. The van der Waals surface area contributed by atoms with Crippen molar-refractivity contribution in [2.45, 2.75) is 19.0 Å². The summed E-state index contributed by atoms with van der Waals surface area (Å²) < 4.78 is 24.7. The van der Waals surface area contributed by atoms with Crippen LogP contribution < -0.4 is 29.2 Å². The minimum absolute atomic E-state index is 0.189. The lowest BCUT2D eigenvalue weighted by atomic mass is 9.86. The first-order valence-electron chi connectivity index (χ1n) is 11.3. The van der Waals surface area contributed by atoms with E-state index < -0.39 is 6.04 Å². The average molecular weight is 471 g/mol. The summed E-state index contributed by atoms with van der Waals surface area (Å²) in [6.07, 6.45) is 6.04. The van der Waals surface area contributed by atoms with E-state index in [2.05, 4.69) is 9.55 Å². The van der Waals surface area contributed by atoms with Gasteiger partial charge in [0, 0.05) is 29.8 Å². The molecule has 0 aliphatic carbocycles. The minimum Gasteiger partial charge on any atom is -0.493 e. The summed E-state index contributed by atoms with van der Waals surface area (Å²) in [6.45, 7) is 0.904. The Labute approximate surface area is 201 Å². The van der Waals surface area contributed by atoms with Crippen LogP contribution in [-0.4, -0.2) is 31.8 Å². The maximum atomic E-state index is 13.6. The van der Waals surface area contributed by atoms with E-state index in [1.807, 2.05) is 30.5 Å². The highest BCUT2D eigenvalue weighted by molar-refractivity contribution is 6.05. The Bertz CT molecular complexity index is 1490. The van der Waals surface area contributed by atoms with Crippen LogP contribution in [0.4, 0.5) is 0 Å². The molecule has 0 saturated heterocycles. The van der Waals surface area contributed by atoms with E-state index >= 15 is 0 Å². The molecule has 2 aliphatic rings. The molecule has 0 bridgehead atoms. The number of rotatable bonds is 5. The standard InChI is InChI=1S/C27H24N3O5/c1-32-20-4-3-17-19(27(20)33-2)13-30-10-7-16-11-21-22(35-14-34-21)12-18(16)25(30)23(17)24(28)26(31)15-5-8-29-9-6-15/h3-6,8-9,11-13,24H,7,10,14,28H2,1-2H3/q+1. The molecule has 0 radical (unpaired) electrons. The summed E-state index contributed by atoms with van der Waals surface area (Å²) in [6, 6.07) is 10.2. The lowest BCUT2D eigenvalue weighted by molar-refractivity contribution is -0.686. The molecule has 0 spiro atoms. The Morgan fingerprint density at radius 1 is 1.06 bits per heavy atom. The van der Waals surface area contributed by atoms with Gasteiger partial charge in [0.2, 0.25) is 12.5 Å². The predicted molar refractivity (Wildman–Crippen MR) is 128 cm³/mol. The number of pyridine rings is 2. The van der Waals surface area contributed by atoms with Crippen LogP contribution in [-0.2, 0) is 13.0 Å². The number of Topliss-reactive ketones (excluding diaryl/α,β-unsaturated/α-hetero) is 1. The Kier molecular flexibility index (Phi) is 5.04. The SMILES string of the molecule is COc1ccc2c(C(N)C(=O)c3ccncc3)c3[n+](cc2c1OC)CCc1cc2c(cc1-3)OCO2. The van der Waals surface area contributed by atoms with Crippen molar-refractivity contribution in [1.82, 2.24) is 4.98 Å². The van der Waals surface area contributed by atoms with E-state index in [1.165, 1.54) is 0 Å². The Morgan fingerprint density at radius 3 is 2.57 bits per heavy atom. The number of nitrogens with two attached hydrogens (primary N) is 1. The first kappa shape index (κ1) is 21.4. The van der Waals surface area contributed by atoms with Crippen LogP contribution in [0.25, 0.3) is 22.0 Å². The van der Waals surface area contributed by atoms with Gasteiger partial charge in [-0.05, 0) is 42.0 Å². The fraction of sp³-hybridized carbons (Fsp3) is 0.222. The van der Waals surface area contributed by atoms with Gasteiger partial charge in [0.1, 0.15) is 6.04 Å². The fourth-order valence-corrected chi connectivity index (χ4v) is 5.09. The van der Waals surface area contributed by atoms with Crippen LogP contribution in [0.2, 0.25) is 0 Å². The molecular formula is C27H24N3O5+. The number of fused-ring (bicyclic) bond motifs is 5. The maximum absolute atomic E-state index is 13.6. The number of aryl methyl sites for hydroxylation is 2. The van der Waals surface area contributed by atoms with E-state index in [9.17, 15) is 4.79 Å². The van der Waals surface area contributed by atoms with Gasteiger partial charge in [0.05, 0.1) is 30.7 Å². The number of methoxy groups -OCH3 is 2. The maximum Gasteiger partial charge on any atom is 0.231 e. The van der Waals surface area contributed by atoms with E-state index in [0.29, 0.717) is 29.4 Å². The van der Waals surface area contributed by atoms with Gasteiger partial charge in [-0.3, -0.25) is 9.78 Å². The third-order valence-electron chi connectivity index (χ3n) is 6.74. The first-order chi connectivity index (χ1) is 17.1. The Hall–Kier alpha value is -4.17. The number of aromatic nitrogens is 2. The van der Waals surface area contributed by atoms with Crippen LogP contribution in [0.15, 0.2) is 55.0 Å². The minimum atomic E-state index is -0.920. The molecule has 0 saturated carbocycles. The van der Waals surface area contributed by atoms with Gasteiger partial charge in [-0.25, -0.2) is 0 Å². The van der Waals surface area contributed by atoms with Gasteiger partial charge < -0.3 is 24.7 Å².